The van der Waals surface area contributed by atoms with Gasteiger partial charge in [0.15, 0.2) is 0 Å². The van der Waals surface area contributed by atoms with E-state index in [2.05, 4.69) is 46.6 Å². The normalized spacial score (nSPS) is 19.8. The predicted molar refractivity (Wildman–Crippen MR) is 106 cm³/mol. The summed E-state index contributed by atoms with van der Waals surface area (Å²) >= 11 is 6.48. The molecular formula is C18H28ClN3O3S. The van der Waals surface area contributed by atoms with Gasteiger partial charge in [-0.05, 0) is 23.6 Å². The second-order valence-electron chi connectivity index (χ2n) is 7.29. The van der Waals surface area contributed by atoms with E-state index in [4.69, 9.17) is 16.3 Å². The van der Waals surface area contributed by atoms with Crippen LogP contribution in [0.5, 0.6) is 0 Å². The summed E-state index contributed by atoms with van der Waals surface area (Å²) in [4.78, 5) is 4.59. The summed E-state index contributed by atoms with van der Waals surface area (Å²) in [7, 11) is -3.22. The smallest absolute Gasteiger partial charge is 0.219 e. The number of nitrogens with zero attached hydrogens (tertiary/aromatic N) is 2. The highest BCUT2D eigenvalue weighted by atomic mass is 35.5. The Kier molecular flexibility index (Phi) is 6.45. The fraction of sp³-hybridized carbons (Fsp3) is 0.667. The second kappa shape index (κ2) is 8.44. The minimum absolute atomic E-state index is 0.310. The highest BCUT2D eigenvalue weighted by molar-refractivity contribution is 7.90. The third-order valence-corrected chi connectivity index (χ3v) is 7.19. The van der Waals surface area contributed by atoms with Crippen LogP contribution in [0.3, 0.4) is 0 Å². The summed E-state index contributed by atoms with van der Waals surface area (Å²) < 4.78 is 31.6. The van der Waals surface area contributed by atoms with Crippen LogP contribution < -0.4 is 9.62 Å². The van der Waals surface area contributed by atoms with Gasteiger partial charge in [0.2, 0.25) is 10.0 Å². The van der Waals surface area contributed by atoms with Crippen LogP contribution >= 0.6 is 11.6 Å². The standard InChI is InChI=1S/C18H28ClN3O3S/c1-14(2)15-3-4-18(17(19)11-15)22-9-7-21(8-10-22)6-5-20-26(23,24)16-12-25-13-16/h3-4,11,14,16,20H,5-10,12-13H2,1-2H3. The van der Waals surface area contributed by atoms with E-state index in [1.807, 2.05) is 0 Å². The van der Waals surface area contributed by atoms with Crippen LogP contribution in [0.25, 0.3) is 0 Å². The predicted octanol–water partition coefficient (Wildman–Crippen LogP) is 1.90. The first kappa shape index (κ1) is 19.9. The van der Waals surface area contributed by atoms with E-state index >= 15 is 0 Å². The van der Waals surface area contributed by atoms with Gasteiger partial charge in [0.05, 0.1) is 23.9 Å². The Morgan fingerprint density at radius 1 is 1.23 bits per heavy atom. The van der Waals surface area contributed by atoms with Crippen molar-refractivity contribution in [2.75, 3.05) is 57.4 Å². The summed E-state index contributed by atoms with van der Waals surface area (Å²) in [5, 5.41) is 0.426. The lowest BCUT2D eigenvalue weighted by Crippen LogP contribution is -2.51. The molecular weight excluding hydrogens is 374 g/mol. The first-order valence-electron chi connectivity index (χ1n) is 9.20. The van der Waals surface area contributed by atoms with E-state index in [1.54, 1.807) is 0 Å². The summed E-state index contributed by atoms with van der Waals surface area (Å²) in [6, 6.07) is 6.33. The van der Waals surface area contributed by atoms with Crippen molar-refractivity contribution in [1.29, 1.82) is 0 Å². The molecule has 2 aliphatic heterocycles. The number of halogens is 1. The Balaban J connectivity index is 1.45. The number of sulfonamides is 1. The average Bonchev–Trinajstić information content (AvgIpc) is 2.53. The van der Waals surface area contributed by atoms with Crippen LogP contribution in [-0.4, -0.2) is 71.0 Å². The minimum Gasteiger partial charge on any atom is -0.378 e. The first-order valence-corrected chi connectivity index (χ1v) is 11.1. The van der Waals surface area contributed by atoms with Gasteiger partial charge in [0.25, 0.3) is 0 Å². The molecule has 0 unspecified atom stereocenters. The average molecular weight is 402 g/mol. The molecule has 0 bridgehead atoms. The first-order chi connectivity index (χ1) is 12.4. The lowest BCUT2D eigenvalue weighted by atomic mass is 10.0. The van der Waals surface area contributed by atoms with E-state index in [9.17, 15) is 8.42 Å². The highest BCUT2D eigenvalue weighted by Crippen LogP contribution is 2.30. The van der Waals surface area contributed by atoms with Gasteiger partial charge in [-0.15, -0.1) is 0 Å². The van der Waals surface area contributed by atoms with Crippen molar-refractivity contribution < 1.29 is 13.2 Å². The molecule has 0 aromatic heterocycles. The molecule has 146 valence electrons. The fourth-order valence-corrected chi connectivity index (χ4v) is 4.68. The monoisotopic (exact) mass is 401 g/mol. The lowest BCUT2D eigenvalue weighted by Gasteiger charge is -2.36. The van der Waals surface area contributed by atoms with Crippen molar-refractivity contribution >= 4 is 27.3 Å². The highest BCUT2D eigenvalue weighted by Gasteiger charge is 2.32. The van der Waals surface area contributed by atoms with Gasteiger partial charge >= 0.3 is 0 Å². The maximum absolute atomic E-state index is 12.0. The molecule has 1 aromatic rings. The molecule has 2 fully saturated rings. The van der Waals surface area contributed by atoms with Gasteiger partial charge in [0, 0.05) is 39.3 Å². The molecule has 0 atom stereocenters. The van der Waals surface area contributed by atoms with Crippen LogP contribution in [0.1, 0.15) is 25.3 Å². The quantitative estimate of drug-likeness (QED) is 0.756. The van der Waals surface area contributed by atoms with Gasteiger partial charge in [0.1, 0.15) is 5.25 Å². The summed E-state index contributed by atoms with van der Waals surface area (Å²) in [6.07, 6.45) is 0. The Labute approximate surface area is 161 Å². The molecule has 1 N–H and O–H groups in total. The maximum Gasteiger partial charge on any atom is 0.219 e. The number of nitrogens with one attached hydrogen (secondary N) is 1. The SMILES string of the molecule is CC(C)c1ccc(N2CCN(CCNS(=O)(=O)C3COC3)CC2)c(Cl)c1. The number of piperazine rings is 1. The van der Waals surface area contributed by atoms with Gasteiger partial charge in [-0.3, -0.25) is 4.90 Å². The molecule has 0 amide bonds. The Morgan fingerprint density at radius 3 is 2.46 bits per heavy atom. The number of benzene rings is 1. The van der Waals surface area contributed by atoms with Crippen LogP contribution in [-0.2, 0) is 14.8 Å². The van der Waals surface area contributed by atoms with Crippen LogP contribution in [0, 0.1) is 0 Å². The van der Waals surface area contributed by atoms with Crippen LogP contribution in [0.15, 0.2) is 18.2 Å². The third-order valence-electron chi connectivity index (χ3n) is 5.13. The molecule has 0 aliphatic carbocycles. The molecule has 8 heteroatoms. The molecule has 6 nitrogen and oxygen atoms in total. The van der Waals surface area contributed by atoms with E-state index in [1.165, 1.54) is 5.56 Å². The molecule has 26 heavy (non-hydrogen) atoms. The zero-order chi connectivity index (χ0) is 18.7. The number of rotatable bonds is 7. The van der Waals surface area contributed by atoms with Gasteiger partial charge in [-0.25, -0.2) is 13.1 Å². The van der Waals surface area contributed by atoms with Crippen LogP contribution in [0.2, 0.25) is 5.02 Å². The molecule has 2 heterocycles. The van der Waals surface area contributed by atoms with Gasteiger partial charge in [-0.2, -0.15) is 0 Å². The molecule has 3 rings (SSSR count). The topological polar surface area (TPSA) is 61.9 Å². The van der Waals surface area contributed by atoms with E-state index in [-0.39, 0.29) is 5.25 Å². The van der Waals surface area contributed by atoms with Crippen molar-refractivity contribution in [3.63, 3.8) is 0 Å². The summed E-state index contributed by atoms with van der Waals surface area (Å²) in [5.74, 6) is 0.466. The van der Waals surface area contributed by atoms with Crippen LogP contribution in [0.4, 0.5) is 5.69 Å². The Morgan fingerprint density at radius 2 is 1.92 bits per heavy atom. The van der Waals surface area contributed by atoms with Crippen molar-refractivity contribution in [3.05, 3.63) is 28.8 Å². The molecule has 1 aromatic carbocycles. The van der Waals surface area contributed by atoms with E-state index in [0.29, 0.717) is 25.7 Å². The Hall–Kier alpha value is -0.860. The largest absolute Gasteiger partial charge is 0.378 e. The molecule has 0 spiro atoms. The lowest BCUT2D eigenvalue weighted by molar-refractivity contribution is 0.0411. The summed E-state index contributed by atoms with van der Waals surface area (Å²) in [6.45, 7) is 9.70. The zero-order valence-electron chi connectivity index (χ0n) is 15.4. The van der Waals surface area contributed by atoms with Gasteiger partial charge < -0.3 is 9.64 Å². The van der Waals surface area contributed by atoms with Crippen molar-refractivity contribution in [1.82, 2.24) is 9.62 Å². The number of anilines is 1. The molecule has 2 aliphatic rings. The van der Waals surface area contributed by atoms with E-state index in [0.717, 1.165) is 43.4 Å². The number of hydrogen-bond acceptors (Lipinski definition) is 5. The Bertz CT molecular complexity index is 714. The van der Waals surface area contributed by atoms with Crippen molar-refractivity contribution in [3.8, 4) is 0 Å². The van der Waals surface area contributed by atoms with Gasteiger partial charge in [-0.1, -0.05) is 31.5 Å². The minimum atomic E-state index is -3.22. The molecule has 0 saturated carbocycles. The van der Waals surface area contributed by atoms with Crippen molar-refractivity contribution in [2.45, 2.75) is 25.0 Å². The third kappa shape index (κ3) is 4.70. The maximum atomic E-state index is 12.0. The fourth-order valence-electron chi connectivity index (χ4n) is 3.21. The van der Waals surface area contributed by atoms with Crippen molar-refractivity contribution in [2.24, 2.45) is 0 Å². The second-order valence-corrected chi connectivity index (χ2v) is 9.75. The number of ether oxygens (including phenoxy) is 1. The van der Waals surface area contributed by atoms with E-state index < -0.39 is 10.0 Å². The summed E-state index contributed by atoms with van der Waals surface area (Å²) in [5.41, 5.74) is 2.34. The zero-order valence-corrected chi connectivity index (χ0v) is 17.0. The number of hydrogen-bond donors (Lipinski definition) is 1. The molecule has 0 radical (unpaired) electrons. The molecule has 2 saturated heterocycles.